The number of benzene rings is 3. The van der Waals surface area contributed by atoms with E-state index in [-0.39, 0.29) is 10.9 Å². The maximum Gasteiger partial charge on any atom is 0.348 e. The molecule has 0 aliphatic carbocycles. The van der Waals surface area contributed by atoms with Crippen molar-refractivity contribution < 1.29 is 13.2 Å². The lowest BCUT2D eigenvalue weighted by Gasteiger charge is -2.09. The van der Waals surface area contributed by atoms with Crippen molar-refractivity contribution in [3.05, 3.63) is 94.6 Å². The van der Waals surface area contributed by atoms with Gasteiger partial charge < -0.3 is 14.2 Å². The maximum atomic E-state index is 14.7. The van der Waals surface area contributed by atoms with Crippen molar-refractivity contribution in [3.63, 3.8) is 0 Å². The molecule has 0 fully saturated rings. The van der Waals surface area contributed by atoms with Gasteiger partial charge in [0.25, 0.3) is 0 Å². The van der Waals surface area contributed by atoms with Crippen LogP contribution in [0.15, 0.2) is 86.4 Å². The number of para-hydroxylation sites is 2. The van der Waals surface area contributed by atoms with E-state index in [0.29, 0.717) is 28.0 Å². The molecule has 2 aromatic heterocycles. The van der Waals surface area contributed by atoms with Crippen LogP contribution < -0.4 is 10.9 Å². The average Bonchev–Trinajstić information content (AvgIpc) is 3.10. The molecule has 0 saturated heterocycles. The molecule has 0 saturated carbocycles. The smallest absolute Gasteiger partial charge is 0.348 e. The third kappa shape index (κ3) is 2.79. The number of hydrogen-bond donors (Lipinski definition) is 1. The number of hydrogen-bond acceptors (Lipinski definition) is 4. The Morgan fingerprint density at radius 2 is 1.59 bits per heavy atom. The molecule has 0 bridgehead atoms. The number of fused-ring (bicyclic) bond motifs is 3. The SMILES string of the molecule is Cc1ccccc1Nc1oc2c(c1-c1ccccc1F)c(=O)oc1ccccc12. The molecule has 29 heavy (non-hydrogen) atoms. The van der Waals surface area contributed by atoms with Crippen molar-refractivity contribution in [2.24, 2.45) is 0 Å². The van der Waals surface area contributed by atoms with Gasteiger partial charge in [-0.05, 0) is 36.8 Å². The normalized spacial score (nSPS) is 11.2. The minimum Gasteiger partial charge on any atom is -0.439 e. The summed E-state index contributed by atoms with van der Waals surface area (Å²) in [5.74, 6) is -0.154. The van der Waals surface area contributed by atoms with Crippen molar-refractivity contribution in [2.75, 3.05) is 5.32 Å². The van der Waals surface area contributed by atoms with Crippen LogP contribution in [0.2, 0.25) is 0 Å². The molecule has 0 radical (unpaired) electrons. The van der Waals surface area contributed by atoms with E-state index < -0.39 is 11.4 Å². The van der Waals surface area contributed by atoms with Gasteiger partial charge in [-0.15, -0.1) is 0 Å². The number of rotatable bonds is 3. The number of nitrogens with one attached hydrogen (secondary N) is 1. The molecule has 4 nitrogen and oxygen atoms in total. The second-order valence-corrected chi connectivity index (χ2v) is 6.82. The predicted molar refractivity (Wildman–Crippen MR) is 112 cm³/mol. The zero-order valence-corrected chi connectivity index (χ0v) is 15.5. The Bertz CT molecular complexity index is 1430. The van der Waals surface area contributed by atoms with Gasteiger partial charge in [-0.1, -0.05) is 48.5 Å². The lowest BCUT2D eigenvalue weighted by Crippen LogP contribution is -2.01. The first kappa shape index (κ1) is 17.3. The van der Waals surface area contributed by atoms with Gasteiger partial charge in [-0.2, -0.15) is 0 Å². The van der Waals surface area contributed by atoms with Crippen LogP contribution in [0.1, 0.15) is 5.56 Å². The zero-order chi connectivity index (χ0) is 20.0. The number of aryl methyl sites for hydroxylation is 1. The molecule has 0 spiro atoms. The highest BCUT2D eigenvalue weighted by Gasteiger charge is 2.24. The third-order valence-electron chi connectivity index (χ3n) is 4.98. The van der Waals surface area contributed by atoms with Crippen molar-refractivity contribution in [2.45, 2.75) is 6.92 Å². The highest BCUT2D eigenvalue weighted by Crippen LogP contribution is 2.41. The summed E-state index contributed by atoms with van der Waals surface area (Å²) in [6.07, 6.45) is 0. The highest BCUT2D eigenvalue weighted by atomic mass is 19.1. The van der Waals surface area contributed by atoms with Gasteiger partial charge in [0, 0.05) is 11.3 Å². The summed E-state index contributed by atoms with van der Waals surface area (Å²) in [5.41, 5.74) is 2.62. The highest BCUT2D eigenvalue weighted by molar-refractivity contribution is 6.10. The lowest BCUT2D eigenvalue weighted by molar-refractivity contribution is 0.566. The van der Waals surface area contributed by atoms with Gasteiger partial charge in [-0.25, -0.2) is 9.18 Å². The molecule has 0 amide bonds. The first-order chi connectivity index (χ1) is 14.1. The van der Waals surface area contributed by atoms with E-state index in [9.17, 15) is 9.18 Å². The lowest BCUT2D eigenvalue weighted by atomic mass is 10.0. The molecule has 0 unspecified atom stereocenters. The number of halogens is 1. The molecule has 5 heteroatoms. The molecular weight excluding hydrogens is 369 g/mol. The Hall–Kier alpha value is -3.86. The predicted octanol–water partition coefficient (Wildman–Crippen LogP) is 6.40. The van der Waals surface area contributed by atoms with Gasteiger partial charge in [0.1, 0.15) is 16.8 Å². The van der Waals surface area contributed by atoms with Crippen molar-refractivity contribution in [3.8, 4) is 11.1 Å². The van der Waals surface area contributed by atoms with Crippen LogP contribution in [0, 0.1) is 12.7 Å². The van der Waals surface area contributed by atoms with Crippen molar-refractivity contribution in [1.29, 1.82) is 0 Å². The summed E-state index contributed by atoms with van der Waals surface area (Å²) >= 11 is 0. The molecule has 5 aromatic rings. The van der Waals surface area contributed by atoms with Crippen LogP contribution >= 0.6 is 0 Å². The first-order valence-electron chi connectivity index (χ1n) is 9.19. The van der Waals surface area contributed by atoms with Crippen LogP contribution in [0.4, 0.5) is 16.0 Å². The minimum atomic E-state index is -0.571. The molecule has 1 N–H and O–H groups in total. The van der Waals surface area contributed by atoms with Crippen molar-refractivity contribution >= 4 is 33.5 Å². The van der Waals surface area contributed by atoms with Crippen LogP contribution in [0.5, 0.6) is 0 Å². The van der Waals surface area contributed by atoms with Crippen LogP contribution in [-0.2, 0) is 0 Å². The summed E-state index contributed by atoms with van der Waals surface area (Å²) in [5, 5.41) is 4.10. The topological polar surface area (TPSA) is 55.4 Å². The fourth-order valence-corrected chi connectivity index (χ4v) is 3.55. The molecule has 2 heterocycles. The van der Waals surface area contributed by atoms with E-state index >= 15 is 0 Å². The third-order valence-corrected chi connectivity index (χ3v) is 4.98. The van der Waals surface area contributed by atoms with Gasteiger partial charge in [0.2, 0.25) is 5.88 Å². The molecule has 0 atom stereocenters. The molecule has 142 valence electrons. The summed E-state index contributed by atoms with van der Waals surface area (Å²) in [6.45, 7) is 1.96. The Morgan fingerprint density at radius 1 is 0.862 bits per heavy atom. The van der Waals surface area contributed by atoms with E-state index in [4.69, 9.17) is 8.83 Å². The maximum absolute atomic E-state index is 14.7. The summed E-state index contributed by atoms with van der Waals surface area (Å²) in [4.78, 5) is 12.9. The largest absolute Gasteiger partial charge is 0.439 e. The van der Waals surface area contributed by atoms with Crippen LogP contribution in [-0.4, -0.2) is 0 Å². The monoisotopic (exact) mass is 385 g/mol. The van der Waals surface area contributed by atoms with Crippen molar-refractivity contribution in [1.82, 2.24) is 0 Å². The van der Waals surface area contributed by atoms with Crippen LogP contribution in [0.3, 0.4) is 0 Å². The zero-order valence-electron chi connectivity index (χ0n) is 15.5. The summed E-state index contributed by atoms with van der Waals surface area (Å²) in [6, 6.07) is 21.1. The van der Waals surface area contributed by atoms with E-state index in [0.717, 1.165) is 11.3 Å². The Kier molecular flexibility index (Phi) is 3.95. The standard InChI is InChI=1S/C24H16FNO3/c1-14-8-2-6-12-18(14)26-23-20(15-9-3-5-11-17(15)25)21-22(29-23)16-10-4-7-13-19(16)28-24(21)27/h2-13,26H,1H3. The van der Waals surface area contributed by atoms with E-state index in [1.165, 1.54) is 6.07 Å². The molecular formula is C24H16FNO3. The van der Waals surface area contributed by atoms with Gasteiger partial charge >= 0.3 is 5.63 Å². The molecule has 3 aromatic carbocycles. The number of anilines is 2. The van der Waals surface area contributed by atoms with E-state index in [1.807, 2.05) is 43.3 Å². The van der Waals surface area contributed by atoms with E-state index in [2.05, 4.69) is 5.32 Å². The second kappa shape index (κ2) is 6.63. The number of furan rings is 1. The quantitative estimate of drug-likeness (QED) is 0.365. The summed E-state index contributed by atoms with van der Waals surface area (Å²) in [7, 11) is 0. The first-order valence-corrected chi connectivity index (χ1v) is 9.19. The van der Waals surface area contributed by atoms with Gasteiger partial charge in [0.05, 0.1) is 10.9 Å². The van der Waals surface area contributed by atoms with Crippen LogP contribution in [0.25, 0.3) is 33.1 Å². The summed E-state index contributed by atoms with van der Waals surface area (Å²) < 4.78 is 26.3. The second-order valence-electron chi connectivity index (χ2n) is 6.82. The fourth-order valence-electron chi connectivity index (χ4n) is 3.55. The average molecular weight is 385 g/mol. The molecule has 0 aliphatic heterocycles. The van der Waals surface area contributed by atoms with E-state index in [1.54, 1.807) is 30.3 Å². The Labute approximate surface area is 165 Å². The minimum absolute atomic E-state index is 0.213. The van der Waals surface area contributed by atoms with Gasteiger partial charge in [-0.3, -0.25) is 0 Å². The van der Waals surface area contributed by atoms with Gasteiger partial charge in [0.15, 0.2) is 5.58 Å². The Balaban J connectivity index is 1.88. The molecule has 5 rings (SSSR count). The fraction of sp³-hybridized carbons (Fsp3) is 0.0417. The molecule has 0 aliphatic rings. The Morgan fingerprint density at radius 3 is 2.41 bits per heavy atom.